The number of carbonyl (C=O) groups excluding carboxylic acids is 1. The molecule has 1 fully saturated rings. The third-order valence-electron chi connectivity index (χ3n) is 3.84. The highest BCUT2D eigenvalue weighted by molar-refractivity contribution is 5.78. The van der Waals surface area contributed by atoms with Crippen molar-refractivity contribution in [1.29, 1.82) is 0 Å². The lowest BCUT2D eigenvalue weighted by molar-refractivity contribution is -0.126. The fraction of sp³-hybridized carbons (Fsp3) is 0.929. The maximum Gasteiger partial charge on any atom is 0.223 e. The first-order valence-corrected chi connectivity index (χ1v) is 6.83. The standard InChI is InChI=1S/C14H27NO2/c1-11-5-4-6-12(9-11)13(17)15-10-14(2,3)7-8-16/h11-12,16H,4-10H2,1-3H3,(H,15,17). The molecule has 1 rings (SSSR count). The monoisotopic (exact) mass is 241 g/mol. The van der Waals surface area contributed by atoms with Crippen molar-refractivity contribution in [2.75, 3.05) is 13.2 Å². The molecular weight excluding hydrogens is 214 g/mol. The number of nitrogens with one attached hydrogen (secondary N) is 1. The van der Waals surface area contributed by atoms with Crippen LogP contribution in [0, 0.1) is 17.3 Å². The van der Waals surface area contributed by atoms with Crippen LogP contribution >= 0.6 is 0 Å². The van der Waals surface area contributed by atoms with Gasteiger partial charge in [0.2, 0.25) is 5.91 Å². The molecule has 2 atom stereocenters. The zero-order valence-corrected chi connectivity index (χ0v) is 11.5. The van der Waals surface area contributed by atoms with Gasteiger partial charge in [-0.1, -0.05) is 33.6 Å². The van der Waals surface area contributed by atoms with E-state index in [1.54, 1.807) is 0 Å². The number of hydrogen-bond donors (Lipinski definition) is 2. The van der Waals surface area contributed by atoms with Crippen molar-refractivity contribution in [1.82, 2.24) is 5.32 Å². The third kappa shape index (κ3) is 5.07. The van der Waals surface area contributed by atoms with Crippen molar-refractivity contribution in [2.24, 2.45) is 17.3 Å². The molecule has 1 amide bonds. The molecule has 3 heteroatoms. The maximum absolute atomic E-state index is 12.0. The Morgan fingerprint density at radius 2 is 2.12 bits per heavy atom. The van der Waals surface area contributed by atoms with Gasteiger partial charge in [-0.2, -0.15) is 0 Å². The first kappa shape index (κ1) is 14.5. The van der Waals surface area contributed by atoms with Crippen LogP contribution in [0.25, 0.3) is 0 Å². The van der Waals surface area contributed by atoms with Crippen molar-refractivity contribution in [2.45, 2.75) is 52.9 Å². The van der Waals surface area contributed by atoms with E-state index in [0.29, 0.717) is 12.5 Å². The summed E-state index contributed by atoms with van der Waals surface area (Å²) in [4.78, 5) is 12.0. The van der Waals surface area contributed by atoms with Gasteiger partial charge in [0, 0.05) is 19.1 Å². The molecule has 0 saturated heterocycles. The second-order valence-corrected chi connectivity index (χ2v) is 6.32. The summed E-state index contributed by atoms with van der Waals surface area (Å²) in [5.41, 5.74) is -0.00923. The molecule has 0 radical (unpaired) electrons. The smallest absolute Gasteiger partial charge is 0.223 e. The fourth-order valence-corrected chi connectivity index (χ4v) is 2.53. The SMILES string of the molecule is CC1CCCC(C(=O)NCC(C)(C)CCO)C1. The van der Waals surface area contributed by atoms with Crippen LogP contribution in [-0.4, -0.2) is 24.2 Å². The van der Waals surface area contributed by atoms with Crippen LogP contribution in [0.3, 0.4) is 0 Å². The van der Waals surface area contributed by atoms with Crippen LogP contribution in [0.1, 0.15) is 52.9 Å². The van der Waals surface area contributed by atoms with Crippen LogP contribution in [0.5, 0.6) is 0 Å². The zero-order chi connectivity index (χ0) is 12.9. The number of amides is 1. The van der Waals surface area contributed by atoms with Crippen LogP contribution < -0.4 is 5.32 Å². The van der Waals surface area contributed by atoms with E-state index in [1.165, 1.54) is 12.8 Å². The summed E-state index contributed by atoms with van der Waals surface area (Å²) >= 11 is 0. The Bertz CT molecular complexity index is 251. The van der Waals surface area contributed by atoms with Gasteiger partial charge in [0.15, 0.2) is 0 Å². The summed E-state index contributed by atoms with van der Waals surface area (Å²) in [7, 11) is 0. The van der Waals surface area contributed by atoms with Crippen molar-refractivity contribution < 1.29 is 9.90 Å². The van der Waals surface area contributed by atoms with Crippen LogP contribution in [0.2, 0.25) is 0 Å². The van der Waals surface area contributed by atoms with Crippen molar-refractivity contribution >= 4 is 5.91 Å². The third-order valence-corrected chi connectivity index (χ3v) is 3.84. The molecule has 2 N–H and O–H groups in total. The lowest BCUT2D eigenvalue weighted by atomic mass is 9.81. The minimum atomic E-state index is -0.00923. The molecule has 0 spiro atoms. The van der Waals surface area contributed by atoms with Gasteiger partial charge >= 0.3 is 0 Å². The molecular formula is C14H27NO2. The predicted octanol–water partition coefficient (Wildman–Crippen LogP) is 2.34. The quantitative estimate of drug-likeness (QED) is 0.776. The van der Waals surface area contributed by atoms with Crippen LogP contribution in [0.4, 0.5) is 0 Å². The van der Waals surface area contributed by atoms with E-state index in [0.717, 1.165) is 19.3 Å². The fourth-order valence-electron chi connectivity index (χ4n) is 2.53. The van der Waals surface area contributed by atoms with Gasteiger partial charge < -0.3 is 10.4 Å². The average molecular weight is 241 g/mol. The molecule has 1 saturated carbocycles. The molecule has 0 heterocycles. The summed E-state index contributed by atoms with van der Waals surface area (Å²) in [5, 5.41) is 12.0. The Balaban J connectivity index is 2.33. The molecule has 0 bridgehead atoms. The van der Waals surface area contributed by atoms with Crippen LogP contribution in [0.15, 0.2) is 0 Å². The molecule has 2 unspecified atom stereocenters. The van der Waals surface area contributed by atoms with Gasteiger partial charge in [0.25, 0.3) is 0 Å². The summed E-state index contributed by atoms with van der Waals surface area (Å²) in [6.07, 6.45) is 5.25. The van der Waals surface area contributed by atoms with E-state index in [9.17, 15) is 4.79 Å². The number of aliphatic hydroxyl groups is 1. The highest BCUT2D eigenvalue weighted by Gasteiger charge is 2.26. The van der Waals surface area contributed by atoms with E-state index in [4.69, 9.17) is 5.11 Å². The summed E-state index contributed by atoms with van der Waals surface area (Å²) < 4.78 is 0. The minimum absolute atomic E-state index is 0.00923. The Morgan fingerprint density at radius 1 is 1.41 bits per heavy atom. The highest BCUT2D eigenvalue weighted by Crippen LogP contribution is 2.29. The number of rotatable bonds is 5. The van der Waals surface area contributed by atoms with Crippen LogP contribution in [-0.2, 0) is 4.79 Å². The normalized spacial score (nSPS) is 25.6. The first-order chi connectivity index (χ1) is 7.94. The Hall–Kier alpha value is -0.570. The highest BCUT2D eigenvalue weighted by atomic mass is 16.3. The second-order valence-electron chi connectivity index (χ2n) is 6.32. The lowest BCUT2D eigenvalue weighted by Gasteiger charge is -2.28. The van der Waals surface area contributed by atoms with E-state index in [2.05, 4.69) is 26.1 Å². The molecule has 0 aromatic carbocycles. The molecule has 1 aliphatic carbocycles. The molecule has 1 aliphatic rings. The second kappa shape index (κ2) is 6.39. The van der Waals surface area contributed by atoms with E-state index < -0.39 is 0 Å². The molecule has 0 aromatic heterocycles. The largest absolute Gasteiger partial charge is 0.396 e. The molecule has 0 aromatic rings. The van der Waals surface area contributed by atoms with E-state index >= 15 is 0 Å². The summed E-state index contributed by atoms with van der Waals surface area (Å²) in [5.74, 6) is 1.11. The van der Waals surface area contributed by atoms with Gasteiger partial charge in [-0.3, -0.25) is 4.79 Å². The van der Waals surface area contributed by atoms with Crippen molar-refractivity contribution in [3.8, 4) is 0 Å². The van der Waals surface area contributed by atoms with Gasteiger partial charge in [-0.15, -0.1) is 0 Å². The Morgan fingerprint density at radius 3 is 2.71 bits per heavy atom. The van der Waals surface area contributed by atoms with E-state index in [-0.39, 0.29) is 23.8 Å². The first-order valence-electron chi connectivity index (χ1n) is 6.83. The summed E-state index contributed by atoms with van der Waals surface area (Å²) in [6, 6.07) is 0. The predicted molar refractivity (Wildman–Crippen MR) is 69.6 cm³/mol. The lowest BCUT2D eigenvalue weighted by Crippen LogP contribution is -2.39. The topological polar surface area (TPSA) is 49.3 Å². The van der Waals surface area contributed by atoms with Crippen molar-refractivity contribution in [3.63, 3.8) is 0 Å². The van der Waals surface area contributed by atoms with Gasteiger partial charge in [-0.05, 0) is 30.6 Å². The van der Waals surface area contributed by atoms with Crippen molar-refractivity contribution in [3.05, 3.63) is 0 Å². The van der Waals surface area contributed by atoms with E-state index in [1.807, 2.05) is 0 Å². The number of hydrogen-bond acceptors (Lipinski definition) is 2. The number of carbonyl (C=O) groups is 1. The summed E-state index contributed by atoms with van der Waals surface area (Å²) in [6.45, 7) is 7.23. The Kier molecular flexibility index (Phi) is 5.44. The molecule has 0 aliphatic heterocycles. The minimum Gasteiger partial charge on any atom is -0.396 e. The number of aliphatic hydroxyl groups excluding tert-OH is 1. The molecule has 100 valence electrons. The maximum atomic E-state index is 12.0. The molecule has 17 heavy (non-hydrogen) atoms. The average Bonchev–Trinajstić information content (AvgIpc) is 2.26. The van der Waals surface area contributed by atoms with Gasteiger partial charge in [-0.25, -0.2) is 0 Å². The van der Waals surface area contributed by atoms with Gasteiger partial charge in [0.1, 0.15) is 0 Å². The molecule has 3 nitrogen and oxygen atoms in total. The Labute approximate surface area is 105 Å². The van der Waals surface area contributed by atoms with Gasteiger partial charge in [0.05, 0.1) is 0 Å². The zero-order valence-electron chi connectivity index (χ0n) is 11.5.